The lowest BCUT2D eigenvalue weighted by atomic mass is 10.1. The number of hydrogen-bond donors (Lipinski definition) is 1. The predicted molar refractivity (Wildman–Crippen MR) is 132 cm³/mol. The Morgan fingerprint density at radius 3 is 2.69 bits per heavy atom. The van der Waals surface area contributed by atoms with Crippen molar-refractivity contribution in [1.82, 2.24) is 9.97 Å². The van der Waals surface area contributed by atoms with Crippen LogP contribution in [0.2, 0.25) is 0 Å². The smallest absolute Gasteiger partial charge is 0.269 e. The van der Waals surface area contributed by atoms with E-state index in [1.807, 2.05) is 6.92 Å². The zero-order chi connectivity index (χ0) is 24.9. The van der Waals surface area contributed by atoms with E-state index in [1.54, 1.807) is 36.4 Å². The van der Waals surface area contributed by atoms with Crippen LogP contribution in [0.4, 0.5) is 10.1 Å². The minimum absolute atomic E-state index is 0.00367. The summed E-state index contributed by atoms with van der Waals surface area (Å²) in [5.74, 6) is 0.838. The number of hydrogen-bond acceptors (Lipinski definition) is 6. The number of nitro benzene ring substituents is 1. The minimum atomic E-state index is -0.459. The van der Waals surface area contributed by atoms with Crippen molar-refractivity contribution in [3.63, 3.8) is 0 Å². The number of imidazole rings is 1. The van der Waals surface area contributed by atoms with Gasteiger partial charge in [-0.15, -0.1) is 0 Å². The fourth-order valence-corrected chi connectivity index (χ4v) is 3.95. The normalized spacial score (nSPS) is 11.3. The van der Waals surface area contributed by atoms with Gasteiger partial charge in [0.2, 0.25) is 0 Å². The first-order valence-corrected chi connectivity index (χ1v) is 11.3. The highest BCUT2D eigenvalue weighted by atomic mass is 79.9. The van der Waals surface area contributed by atoms with Crippen molar-refractivity contribution in [2.45, 2.75) is 13.5 Å². The Bertz CT molecular complexity index is 1480. The van der Waals surface area contributed by atoms with Crippen molar-refractivity contribution in [3.8, 4) is 17.6 Å². The minimum Gasteiger partial charge on any atom is -0.490 e. The van der Waals surface area contributed by atoms with Crippen LogP contribution in [0.3, 0.4) is 0 Å². The first-order valence-electron chi connectivity index (χ1n) is 10.5. The lowest BCUT2D eigenvalue weighted by Gasteiger charge is -2.15. The van der Waals surface area contributed by atoms with E-state index < -0.39 is 10.7 Å². The molecule has 8 nitrogen and oxygen atoms in total. The lowest BCUT2D eigenvalue weighted by molar-refractivity contribution is -0.384. The van der Waals surface area contributed by atoms with E-state index in [0.29, 0.717) is 45.0 Å². The van der Waals surface area contributed by atoms with E-state index >= 15 is 0 Å². The predicted octanol–water partition coefficient (Wildman–Crippen LogP) is 6.41. The second-order valence-electron chi connectivity index (χ2n) is 7.39. The molecule has 0 amide bonds. The van der Waals surface area contributed by atoms with Gasteiger partial charge in [0, 0.05) is 12.1 Å². The zero-order valence-electron chi connectivity index (χ0n) is 18.4. The molecule has 0 atom stereocenters. The fraction of sp³-hybridized carbons (Fsp3) is 0.120. The molecule has 0 saturated heterocycles. The molecule has 0 unspecified atom stereocenters. The van der Waals surface area contributed by atoms with Crippen LogP contribution >= 0.6 is 15.9 Å². The van der Waals surface area contributed by atoms with Crippen molar-refractivity contribution in [1.29, 1.82) is 5.26 Å². The summed E-state index contributed by atoms with van der Waals surface area (Å²) < 4.78 is 25.8. The number of benzene rings is 3. The molecule has 0 spiro atoms. The molecule has 0 aliphatic heterocycles. The van der Waals surface area contributed by atoms with Crippen LogP contribution in [0.25, 0.3) is 22.7 Å². The number of nitro groups is 1. The van der Waals surface area contributed by atoms with Crippen LogP contribution in [0.1, 0.15) is 23.9 Å². The van der Waals surface area contributed by atoms with Gasteiger partial charge in [0.15, 0.2) is 11.5 Å². The molecule has 0 fully saturated rings. The quantitative estimate of drug-likeness (QED) is 0.158. The van der Waals surface area contributed by atoms with Crippen LogP contribution in [-0.2, 0) is 6.61 Å². The van der Waals surface area contributed by atoms with Gasteiger partial charge in [-0.25, -0.2) is 9.37 Å². The average Bonchev–Trinajstić information content (AvgIpc) is 3.25. The van der Waals surface area contributed by atoms with Gasteiger partial charge in [-0.2, -0.15) is 5.26 Å². The van der Waals surface area contributed by atoms with E-state index in [-0.39, 0.29) is 17.9 Å². The molecule has 0 aliphatic rings. The molecule has 0 bridgehead atoms. The Morgan fingerprint density at radius 2 is 2.00 bits per heavy atom. The molecular weight excluding hydrogens is 519 g/mol. The van der Waals surface area contributed by atoms with Gasteiger partial charge in [-0.05, 0) is 82.5 Å². The van der Waals surface area contributed by atoms with Gasteiger partial charge in [0.05, 0.1) is 32.6 Å². The molecular formula is C25H18BrFN4O4. The highest BCUT2D eigenvalue weighted by Gasteiger charge is 2.15. The Morgan fingerprint density at radius 1 is 1.23 bits per heavy atom. The number of fused-ring (bicyclic) bond motifs is 1. The van der Waals surface area contributed by atoms with Gasteiger partial charge in [0.25, 0.3) is 5.69 Å². The Balaban J connectivity index is 1.62. The number of H-pyrrole nitrogens is 1. The number of ether oxygens (including phenoxy) is 2. The standard InChI is InChI=1S/C25H18BrFN4O4/c1-2-34-23-11-16(9-17(13-28)25-29-21-8-5-18(27)12-22(21)30-25)10-20(26)24(23)35-14-15-3-6-19(7-4-15)31(32)33/h3-12H,2,14H2,1H3,(H,29,30)/b17-9-. The van der Waals surface area contributed by atoms with Gasteiger partial charge < -0.3 is 14.5 Å². The maximum absolute atomic E-state index is 13.5. The highest BCUT2D eigenvalue weighted by Crippen LogP contribution is 2.38. The number of halogens is 2. The van der Waals surface area contributed by atoms with E-state index in [4.69, 9.17) is 9.47 Å². The van der Waals surface area contributed by atoms with E-state index in [2.05, 4.69) is 32.0 Å². The zero-order valence-corrected chi connectivity index (χ0v) is 20.0. The summed E-state index contributed by atoms with van der Waals surface area (Å²) in [6.07, 6.45) is 1.64. The summed E-state index contributed by atoms with van der Waals surface area (Å²) in [5, 5.41) is 20.6. The third-order valence-electron chi connectivity index (χ3n) is 4.99. The Kier molecular flexibility index (Phi) is 7.08. The Hall–Kier alpha value is -4.23. The van der Waals surface area contributed by atoms with Crippen LogP contribution in [0.15, 0.2) is 59.1 Å². The number of allylic oxidation sites excluding steroid dienone is 1. The maximum Gasteiger partial charge on any atom is 0.269 e. The van der Waals surface area contributed by atoms with Gasteiger partial charge in [-0.1, -0.05) is 0 Å². The monoisotopic (exact) mass is 536 g/mol. The topological polar surface area (TPSA) is 114 Å². The molecule has 0 radical (unpaired) electrons. The lowest BCUT2D eigenvalue weighted by Crippen LogP contribution is -2.01. The third kappa shape index (κ3) is 5.47. The largest absolute Gasteiger partial charge is 0.490 e. The first kappa shape index (κ1) is 23.9. The molecule has 4 rings (SSSR count). The molecule has 0 saturated carbocycles. The van der Waals surface area contributed by atoms with Gasteiger partial charge >= 0.3 is 0 Å². The number of nitrogens with one attached hydrogen (secondary N) is 1. The molecule has 35 heavy (non-hydrogen) atoms. The number of non-ortho nitro benzene ring substituents is 1. The molecule has 176 valence electrons. The summed E-state index contributed by atoms with van der Waals surface area (Å²) in [6.45, 7) is 2.39. The summed E-state index contributed by atoms with van der Waals surface area (Å²) in [5.41, 5.74) is 2.72. The van der Waals surface area contributed by atoms with Crippen molar-refractivity contribution >= 4 is 44.3 Å². The second-order valence-corrected chi connectivity index (χ2v) is 8.25. The molecule has 1 N–H and O–H groups in total. The molecule has 1 heterocycles. The highest BCUT2D eigenvalue weighted by molar-refractivity contribution is 9.10. The van der Waals surface area contributed by atoms with Crippen molar-refractivity contribution < 1.29 is 18.8 Å². The third-order valence-corrected chi connectivity index (χ3v) is 5.58. The molecule has 4 aromatic rings. The maximum atomic E-state index is 13.5. The van der Waals surface area contributed by atoms with Crippen LogP contribution in [0.5, 0.6) is 11.5 Å². The SMILES string of the molecule is CCOc1cc(/C=C(/C#N)c2nc3ccc(F)cc3[nH]2)cc(Br)c1OCc1ccc([N+](=O)[O-])cc1. The molecule has 0 aliphatic carbocycles. The summed E-state index contributed by atoms with van der Waals surface area (Å²) in [6, 6.07) is 15.9. The Labute approximate surface area is 207 Å². The van der Waals surface area contributed by atoms with Crippen LogP contribution in [0, 0.1) is 27.3 Å². The van der Waals surface area contributed by atoms with E-state index in [0.717, 1.165) is 5.56 Å². The van der Waals surface area contributed by atoms with Gasteiger partial charge in [0.1, 0.15) is 24.3 Å². The van der Waals surface area contributed by atoms with Crippen LogP contribution < -0.4 is 9.47 Å². The number of aromatic nitrogens is 2. The van der Waals surface area contributed by atoms with Gasteiger partial charge in [-0.3, -0.25) is 10.1 Å². The number of nitriles is 1. The summed E-state index contributed by atoms with van der Waals surface area (Å²) in [7, 11) is 0. The number of aromatic amines is 1. The summed E-state index contributed by atoms with van der Waals surface area (Å²) in [4.78, 5) is 17.7. The number of rotatable bonds is 8. The van der Waals surface area contributed by atoms with Crippen molar-refractivity contribution in [2.24, 2.45) is 0 Å². The fourth-order valence-electron chi connectivity index (χ4n) is 3.37. The summed E-state index contributed by atoms with van der Waals surface area (Å²) >= 11 is 3.50. The number of nitrogens with zero attached hydrogens (tertiary/aromatic N) is 3. The van der Waals surface area contributed by atoms with Crippen molar-refractivity contribution in [2.75, 3.05) is 6.61 Å². The molecule has 3 aromatic carbocycles. The first-order chi connectivity index (χ1) is 16.9. The molecule has 1 aromatic heterocycles. The van der Waals surface area contributed by atoms with Crippen molar-refractivity contribution in [3.05, 3.63) is 92.0 Å². The van der Waals surface area contributed by atoms with Crippen LogP contribution in [-0.4, -0.2) is 21.5 Å². The molecule has 10 heteroatoms. The average molecular weight is 537 g/mol. The van der Waals surface area contributed by atoms with E-state index in [1.165, 1.54) is 24.3 Å². The second kappa shape index (κ2) is 10.4. The van der Waals surface area contributed by atoms with E-state index in [9.17, 15) is 19.8 Å².